The van der Waals surface area contributed by atoms with Crippen molar-refractivity contribution in [1.29, 1.82) is 0 Å². The van der Waals surface area contributed by atoms with Crippen LogP contribution in [0.1, 0.15) is 38.0 Å². The Labute approximate surface area is 156 Å². The van der Waals surface area contributed by atoms with Crippen LogP contribution in [0.5, 0.6) is 5.75 Å². The molecule has 0 spiro atoms. The summed E-state index contributed by atoms with van der Waals surface area (Å²) in [6.07, 6.45) is 0.664. The molecule has 0 bridgehead atoms. The Hall–Kier alpha value is -3.19. The van der Waals surface area contributed by atoms with Gasteiger partial charge in [-0.3, -0.25) is 4.79 Å². The molecular weight excluding hydrogens is 352 g/mol. The first kappa shape index (κ1) is 20.1. The van der Waals surface area contributed by atoms with E-state index in [1.54, 1.807) is 24.3 Å². The topological polar surface area (TPSA) is 99.1 Å². The maximum Gasteiger partial charge on any atom is 0.338 e. The number of aliphatic hydroxyl groups is 1. The zero-order valence-electron chi connectivity index (χ0n) is 15.0. The quantitative estimate of drug-likeness (QED) is 0.560. The third-order valence-electron chi connectivity index (χ3n) is 3.64. The van der Waals surface area contributed by atoms with Crippen LogP contribution in [0.4, 0.5) is 0 Å². The lowest BCUT2D eigenvalue weighted by Gasteiger charge is -2.22. The molecule has 0 amide bonds. The number of hydrogen-bond acceptors (Lipinski definition) is 7. The van der Waals surface area contributed by atoms with E-state index < -0.39 is 17.5 Å². The molecule has 0 aliphatic carbocycles. The van der Waals surface area contributed by atoms with Crippen LogP contribution in [-0.4, -0.2) is 49.3 Å². The van der Waals surface area contributed by atoms with Gasteiger partial charge >= 0.3 is 11.9 Å². The molecule has 0 saturated heterocycles. The van der Waals surface area contributed by atoms with Crippen LogP contribution >= 0.6 is 0 Å². The molecule has 7 heteroatoms. The second-order valence-corrected chi connectivity index (χ2v) is 6.12. The third-order valence-corrected chi connectivity index (χ3v) is 3.64. The summed E-state index contributed by atoms with van der Waals surface area (Å²) in [5.41, 5.74) is -0.574. The predicted molar refractivity (Wildman–Crippen MR) is 96.0 cm³/mol. The molecule has 1 unspecified atom stereocenters. The van der Waals surface area contributed by atoms with Crippen LogP contribution in [0.2, 0.25) is 0 Å². The van der Waals surface area contributed by atoms with Gasteiger partial charge < -0.3 is 19.3 Å². The molecule has 2 aromatic carbocycles. The molecule has 2 aromatic rings. The molecule has 0 saturated carbocycles. The van der Waals surface area contributed by atoms with Gasteiger partial charge in [0.1, 0.15) is 30.9 Å². The molecule has 0 heterocycles. The second-order valence-electron chi connectivity index (χ2n) is 6.12. The molecule has 2 rings (SSSR count). The Morgan fingerprint density at radius 3 is 1.78 bits per heavy atom. The van der Waals surface area contributed by atoms with Crippen molar-refractivity contribution in [3.05, 3.63) is 65.2 Å². The van der Waals surface area contributed by atoms with E-state index >= 15 is 0 Å². The van der Waals surface area contributed by atoms with Crippen molar-refractivity contribution in [3.8, 4) is 5.75 Å². The van der Waals surface area contributed by atoms with E-state index in [2.05, 4.69) is 0 Å². The van der Waals surface area contributed by atoms with Gasteiger partial charge in [0.15, 0.2) is 0 Å². The van der Waals surface area contributed by atoms with Crippen LogP contribution in [0, 0.1) is 0 Å². The number of ether oxygens (including phenoxy) is 3. The largest absolute Gasteiger partial charge is 0.497 e. The lowest BCUT2D eigenvalue weighted by Crippen LogP contribution is -2.38. The van der Waals surface area contributed by atoms with Crippen molar-refractivity contribution >= 4 is 18.2 Å². The highest BCUT2D eigenvalue weighted by Crippen LogP contribution is 2.14. The average Bonchev–Trinajstić information content (AvgIpc) is 2.70. The minimum atomic E-state index is -1.56. The summed E-state index contributed by atoms with van der Waals surface area (Å²) >= 11 is 0. The van der Waals surface area contributed by atoms with Gasteiger partial charge in [0, 0.05) is 5.56 Å². The van der Waals surface area contributed by atoms with E-state index in [-0.39, 0.29) is 18.8 Å². The predicted octanol–water partition coefficient (Wildman–Crippen LogP) is 2.27. The number of benzene rings is 2. The van der Waals surface area contributed by atoms with E-state index in [4.69, 9.17) is 14.2 Å². The van der Waals surface area contributed by atoms with Crippen molar-refractivity contribution < 1.29 is 33.7 Å². The number of rotatable bonds is 8. The molecule has 1 atom stereocenters. The number of esters is 2. The monoisotopic (exact) mass is 372 g/mol. The molecule has 0 fully saturated rings. The first-order valence-electron chi connectivity index (χ1n) is 8.10. The third kappa shape index (κ3) is 5.93. The van der Waals surface area contributed by atoms with Crippen LogP contribution in [0.3, 0.4) is 0 Å². The Bertz CT molecular complexity index is 792. The average molecular weight is 372 g/mol. The summed E-state index contributed by atoms with van der Waals surface area (Å²) in [5.74, 6) is -0.672. The van der Waals surface area contributed by atoms with E-state index in [9.17, 15) is 19.5 Å². The van der Waals surface area contributed by atoms with Gasteiger partial charge in [0.05, 0.1) is 18.2 Å². The zero-order valence-corrected chi connectivity index (χ0v) is 15.0. The van der Waals surface area contributed by atoms with Crippen LogP contribution in [0.15, 0.2) is 48.5 Å². The first-order valence-corrected chi connectivity index (χ1v) is 8.10. The maximum absolute atomic E-state index is 12.0. The van der Waals surface area contributed by atoms with E-state index in [1.807, 2.05) is 0 Å². The molecule has 0 aromatic heterocycles. The molecule has 0 aliphatic rings. The zero-order chi connectivity index (χ0) is 19.9. The summed E-state index contributed by atoms with van der Waals surface area (Å²) in [5, 5.41) is 10.2. The summed E-state index contributed by atoms with van der Waals surface area (Å²) in [6.45, 7) is 0.670. The maximum atomic E-state index is 12.0. The minimum absolute atomic E-state index is 0.242. The van der Waals surface area contributed by atoms with Gasteiger partial charge in [-0.1, -0.05) is 12.1 Å². The summed E-state index contributed by atoms with van der Waals surface area (Å²) < 4.78 is 15.1. The number of aldehydes is 1. The standard InChI is InChI=1S/C20H20O7/c1-20(24,12-26-18(22)15-5-3-14(11-21)4-6-15)13-27-19(23)16-7-9-17(25-2)10-8-16/h3-11,24H,12-13H2,1-2H3. The number of methoxy groups -OCH3 is 1. The summed E-state index contributed by atoms with van der Waals surface area (Å²) in [6, 6.07) is 12.2. The summed E-state index contributed by atoms with van der Waals surface area (Å²) in [4.78, 5) is 34.6. The molecule has 0 aliphatic heterocycles. The van der Waals surface area contributed by atoms with Crippen molar-refractivity contribution in [2.75, 3.05) is 20.3 Å². The first-order chi connectivity index (χ1) is 12.8. The van der Waals surface area contributed by atoms with Crippen LogP contribution in [0.25, 0.3) is 0 Å². The van der Waals surface area contributed by atoms with E-state index in [0.29, 0.717) is 23.2 Å². The fourth-order valence-corrected chi connectivity index (χ4v) is 2.08. The van der Waals surface area contributed by atoms with Crippen molar-refractivity contribution in [3.63, 3.8) is 0 Å². The smallest absolute Gasteiger partial charge is 0.338 e. The lowest BCUT2D eigenvalue weighted by atomic mass is 10.1. The van der Waals surface area contributed by atoms with E-state index in [1.165, 1.54) is 38.3 Å². The highest BCUT2D eigenvalue weighted by Gasteiger charge is 2.26. The Kier molecular flexibility index (Phi) is 6.67. The van der Waals surface area contributed by atoms with Crippen LogP contribution < -0.4 is 4.74 Å². The van der Waals surface area contributed by atoms with E-state index in [0.717, 1.165) is 0 Å². The normalized spacial score (nSPS) is 12.6. The molecular formula is C20H20O7. The van der Waals surface area contributed by atoms with Gasteiger partial charge in [-0.2, -0.15) is 0 Å². The molecule has 142 valence electrons. The number of carbonyl (C=O) groups excluding carboxylic acids is 3. The second kappa shape index (κ2) is 8.95. The molecule has 7 nitrogen and oxygen atoms in total. The minimum Gasteiger partial charge on any atom is -0.497 e. The van der Waals surface area contributed by atoms with Gasteiger partial charge in [0.2, 0.25) is 0 Å². The van der Waals surface area contributed by atoms with Gasteiger partial charge in [-0.25, -0.2) is 9.59 Å². The highest BCUT2D eigenvalue weighted by atomic mass is 16.6. The fourth-order valence-electron chi connectivity index (χ4n) is 2.08. The summed E-state index contributed by atoms with van der Waals surface area (Å²) in [7, 11) is 1.52. The molecule has 0 radical (unpaired) electrons. The Balaban J connectivity index is 1.85. The SMILES string of the molecule is COc1ccc(C(=O)OCC(C)(O)COC(=O)c2ccc(C=O)cc2)cc1. The Morgan fingerprint density at radius 1 is 0.926 bits per heavy atom. The van der Waals surface area contributed by atoms with Gasteiger partial charge in [0.25, 0.3) is 0 Å². The lowest BCUT2D eigenvalue weighted by molar-refractivity contribution is -0.0591. The Morgan fingerprint density at radius 2 is 1.37 bits per heavy atom. The molecule has 27 heavy (non-hydrogen) atoms. The number of carbonyl (C=O) groups is 3. The van der Waals surface area contributed by atoms with Gasteiger partial charge in [-0.15, -0.1) is 0 Å². The van der Waals surface area contributed by atoms with Gasteiger partial charge in [-0.05, 0) is 43.3 Å². The highest BCUT2D eigenvalue weighted by molar-refractivity contribution is 5.90. The van der Waals surface area contributed by atoms with Crippen LogP contribution in [-0.2, 0) is 9.47 Å². The molecule has 1 N–H and O–H groups in total. The van der Waals surface area contributed by atoms with Crippen molar-refractivity contribution in [1.82, 2.24) is 0 Å². The van der Waals surface area contributed by atoms with Crippen molar-refractivity contribution in [2.24, 2.45) is 0 Å². The number of hydrogen-bond donors (Lipinski definition) is 1. The van der Waals surface area contributed by atoms with Crippen molar-refractivity contribution in [2.45, 2.75) is 12.5 Å². The fraction of sp³-hybridized carbons (Fsp3) is 0.250.